The molecular formula is C10H8FN2NaO2. The second-order valence-corrected chi connectivity index (χ2v) is 3.07. The number of aromatic nitrogens is 2. The van der Waals surface area contributed by atoms with Crippen molar-refractivity contribution in [2.45, 2.75) is 13.5 Å². The smallest absolute Gasteiger partial charge is 0.542 e. The molecule has 2 rings (SSSR count). The Labute approximate surface area is 113 Å². The standard InChI is InChI=1S/C10H9FN2O2.Na/c1-2-13-7-5-3-4-6(11)8(7)12-9(13)10(14)15;/h3-5H,2H2,1H3,(H,14,15);/q;+1/p-1. The van der Waals surface area contributed by atoms with Crippen molar-refractivity contribution in [3.8, 4) is 0 Å². The number of benzene rings is 1. The van der Waals surface area contributed by atoms with Gasteiger partial charge in [-0.25, -0.2) is 9.37 Å². The van der Waals surface area contributed by atoms with Crippen LogP contribution in [-0.2, 0) is 6.54 Å². The number of carbonyl (C=O) groups is 1. The third-order valence-corrected chi connectivity index (χ3v) is 2.23. The van der Waals surface area contributed by atoms with Gasteiger partial charge in [0.25, 0.3) is 0 Å². The molecule has 0 saturated carbocycles. The average Bonchev–Trinajstić information content (AvgIpc) is 2.57. The van der Waals surface area contributed by atoms with Gasteiger partial charge in [0.2, 0.25) is 0 Å². The predicted octanol–water partition coefficient (Wildman–Crippen LogP) is -2.44. The van der Waals surface area contributed by atoms with Crippen LogP contribution in [0.3, 0.4) is 0 Å². The van der Waals surface area contributed by atoms with Crippen LogP contribution in [0.5, 0.6) is 0 Å². The van der Waals surface area contributed by atoms with Crippen molar-refractivity contribution in [2.24, 2.45) is 0 Å². The minimum absolute atomic E-state index is 0. The number of carboxylic acid groups (broad SMARTS) is 1. The number of imidazole rings is 1. The monoisotopic (exact) mass is 230 g/mol. The Morgan fingerprint density at radius 2 is 2.25 bits per heavy atom. The number of fused-ring (bicyclic) bond motifs is 1. The van der Waals surface area contributed by atoms with Crippen molar-refractivity contribution in [3.05, 3.63) is 29.8 Å². The number of rotatable bonds is 2. The van der Waals surface area contributed by atoms with Crippen molar-refractivity contribution in [1.29, 1.82) is 0 Å². The molecule has 0 unspecified atom stereocenters. The van der Waals surface area contributed by atoms with E-state index in [1.54, 1.807) is 13.0 Å². The first-order valence-corrected chi connectivity index (χ1v) is 4.51. The topological polar surface area (TPSA) is 58.0 Å². The van der Waals surface area contributed by atoms with Gasteiger partial charge in [-0.1, -0.05) is 6.07 Å². The van der Waals surface area contributed by atoms with E-state index in [4.69, 9.17) is 0 Å². The molecule has 0 N–H and O–H groups in total. The van der Waals surface area contributed by atoms with Crippen LogP contribution >= 0.6 is 0 Å². The van der Waals surface area contributed by atoms with E-state index in [1.807, 2.05) is 0 Å². The van der Waals surface area contributed by atoms with E-state index in [9.17, 15) is 14.3 Å². The molecule has 0 atom stereocenters. The fourth-order valence-electron chi connectivity index (χ4n) is 1.59. The van der Waals surface area contributed by atoms with Crippen LogP contribution in [0, 0.1) is 5.82 Å². The molecule has 0 aliphatic rings. The van der Waals surface area contributed by atoms with Crippen molar-refractivity contribution >= 4 is 17.0 Å². The summed E-state index contributed by atoms with van der Waals surface area (Å²) >= 11 is 0. The zero-order chi connectivity index (χ0) is 11.0. The quantitative estimate of drug-likeness (QED) is 0.539. The number of nitrogens with zero attached hydrogens (tertiary/aromatic N) is 2. The van der Waals surface area contributed by atoms with E-state index in [2.05, 4.69) is 4.98 Å². The second kappa shape index (κ2) is 4.95. The van der Waals surface area contributed by atoms with Gasteiger partial charge in [-0.3, -0.25) is 0 Å². The summed E-state index contributed by atoms with van der Waals surface area (Å²) in [6, 6.07) is 4.39. The number of carbonyl (C=O) groups excluding carboxylic acids is 1. The van der Waals surface area contributed by atoms with Crippen molar-refractivity contribution in [2.75, 3.05) is 0 Å². The summed E-state index contributed by atoms with van der Waals surface area (Å²) in [4.78, 5) is 14.5. The third-order valence-electron chi connectivity index (χ3n) is 2.23. The molecule has 1 aromatic carbocycles. The maximum Gasteiger partial charge on any atom is 1.00 e. The van der Waals surface area contributed by atoms with E-state index < -0.39 is 11.8 Å². The minimum atomic E-state index is -1.40. The fraction of sp³-hybridized carbons (Fsp3) is 0.200. The van der Waals surface area contributed by atoms with E-state index in [1.165, 1.54) is 16.7 Å². The van der Waals surface area contributed by atoms with Crippen molar-refractivity contribution in [1.82, 2.24) is 9.55 Å². The number of carboxylic acids is 1. The SMILES string of the molecule is CCn1c(C(=O)[O-])nc2c(F)cccc21.[Na+]. The van der Waals surface area contributed by atoms with E-state index in [0.717, 1.165) is 0 Å². The molecule has 1 heterocycles. The summed E-state index contributed by atoms with van der Waals surface area (Å²) in [5.74, 6) is -2.16. The van der Waals surface area contributed by atoms with E-state index in [0.29, 0.717) is 12.1 Å². The van der Waals surface area contributed by atoms with Crippen LogP contribution in [0.25, 0.3) is 11.0 Å². The maximum atomic E-state index is 13.3. The first kappa shape index (κ1) is 13.2. The summed E-state index contributed by atoms with van der Waals surface area (Å²) in [6.07, 6.45) is 0. The number of aryl methyl sites for hydroxylation is 1. The number of aromatic carboxylic acids is 1. The van der Waals surface area contributed by atoms with Gasteiger partial charge in [0.05, 0.1) is 5.52 Å². The first-order valence-electron chi connectivity index (χ1n) is 4.51. The Morgan fingerprint density at radius 3 is 2.81 bits per heavy atom. The number of halogens is 1. The van der Waals surface area contributed by atoms with Gasteiger partial charge in [-0.2, -0.15) is 0 Å². The van der Waals surface area contributed by atoms with Gasteiger partial charge in [0.15, 0.2) is 11.6 Å². The van der Waals surface area contributed by atoms with Crippen molar-refractivity contribution < 1.29 is 43.8 Å². The van der Waals surface area contributed by atoms with Crippen LogP contribution in [0.1, 0.15) is 17.5 Å². The molecule has 0 bridgehead atoms. The molecule has 1 aromatic heterocycles. The van der Waals surface area contributed by atoms with Crippen LogP contribution in [-0.4, -0.2) is 15.5 Å². The Bertz CT molecular complexity index is 539. The Balaban J connectivity index is 0.00000128. The summed E-state index contributed by atoms with van der Waals surface area (Å²) in [5.41, 5.74) is 0.537. The van der Waals surface area contributed by atoms with Crippen molar-refractivity contribution in [3.63, 3.8) is 0 Å². The van der Waals surface area contributed by atoms with Crippen LogP contribution in [0.2, 0.25) is 0 Å². The molecule has 0 spiro atoms. The molecule has 0 saturated heterocycles. The predicted molar refractivity (Wildman–Crippen MR) is 49.7 cm³/mol. The Kier molecular flexibility index (Phi) is 4.07. The molecule has 0 amide bonds. The van der Waals surface area contributed by atoms with Crippen LogP contribution in [0.4, 0.5) is 4.39 Å². The molecule has 4 nitrogen and oxygen atoms in total. The largest absolute Gasteiger partial charge is 1.00 e. The molecule has 78 valence electrons. The Morgan fingerprint density at radius 1 is 1.56 bits per heavy atom. The number of hydrogen-bond donors (Lipinski definition) is 0. The molecule has 0 aliphatic carbocycles. The van der Waals surface area contributed by atoms with E-state index in [-0.39, 0.29) is 40.9 Å². The Hall–Kier alpha value is -0.910. The summed E-state index contributed by atoms with van der Waals surface area (Å²) in [5, 5.41) is 10.7. The molecular weight excluding hydrogens is 222 g/mol. The van der Waals surface area contributed by atoms with Crippen LogP contribution < -0.4 is 34.7 Å². The van der Waals surface area contributed by atoms with Gasteiger partial charge in [-0.05, 0) is 19.1 Å². The molecule has 2 aromatic rings. The molecule has 0 radical (unpaired) electrons. The average molecular weight is 230 g/mol. The zero-order valence-electron chi connectivity index (χ0n) is 9.03. The maximum absolute atomic E-state index is 13.3. The van der Waals surface area contributed by atoms with Gasteiger partial charge in [0, 0.05) is 6.54 Å². The summed E-state index contributed by atoms with van der Waals surface area (Å²) in [6.45, 7) is 2.17. The summed E-state index contributed by atoms with van der Waals surface area (Å²) < 4.78 is 14.7. The van der Waals surface area contributed by atoms with Gasteiger partial charge < -0.3 is 14.5 Å². The molecule has 0 aliphatic heterocycles. The number of hydrogen-bond acceptors (Lipinski definition) is 3. The fourth-order valence-corrected chi connectivity index (χ4v) is 1.59. The number of para-hydroxylation sites is 1. The van der Waals surface area contributed by atoms with Crippen LogP contribution in [0.15, 0.2) is 18.2 Å². The first-order chi connectivity index (χ1) is 7.15. The molecule has 6 heteroatoms. The molecule has 0 fully saturated rings. The summed E-state index contributed by atoms with van der Waals surface area (Å²) in [7, 11) is 0. The second-order valence-electron chi connectivity index (χ2n) is 3.07. The third kappa shape index (κ3) is 1.98. The normalized spacial score (nSPS) is 10.1. The minimum Gasteiger partial charge on any atom is -0.542 e. The zero-order valence-corrected chi connectivity index (χ0v) is 11.0. The van der Waals surface area contributed by atoms with Gasteiger partial charge in [0.1, 0.15) is 11.5 Å². The van der Waals surface area contributed by atoms with Gasteiger partial charge >= 0.3 is 29.6 Å². The van der Waals surface area contributed by atoms with Gasteiger partial charge in [-0.15, -0.1) is 0 Å². The van der Waals surface area contributed by atoms with E-state index >= 15 is 0 Å². The molecule has 16 heavy (non-hydrogen) atoms.